The van der Waals surface area contributed by atoms with Gasteiger partial charge < -0.3 is 4.74 Å². The molecule has 1 unspecified atom stereocenters. The molecule has 0 saturated carbocycles. The van der Waals surface area contributed by atoms with Gasteiger partial charge in [-0.1, -0.05) is 6.92 Å². The van der Waals surface area contributed by atoms with Crippen LogP contribution in [0.25, 0.3) is 0 Å². The fourth-order valence-corrected chi connectivity index (χ4v) is 2.44. The van der Waals surface area contributed by atoms with E-state index in [9.17, 15) is 4.79 Å². The lowest BCUT2D eigenvalue weighted by Crippen LogP contribution is -2.14. The average Bonchev–Trinajstić information content (AvgIpc) is 2.51. The van der Waals surface area contributed by atoms with E-state index >= 15 is 0 Å². The van der Waals surface area contributed by atoms with Crippen molar-refractivity contribution in [3.63, 3.8) is 0 Å². The third-order valence-electron chi connectivity index (χ3n) is 1.92. The van der Waals surface area contributed by atoms with Crippen LogP contribution in [0, 0.1) is 0 Å². The molecule has 4 heteroatoms. The highest BCUT2D eigenvalue weighted by Crippen LogP contribution is 2.34. The van der Waals surface area contributed by atoms with Gasteiger partial charge in [0.1, 0.15) is 4.91 Å². The number of rotatable bonds is 3. The lowest BCUT2D eigenvalue weighted by Gasteiger charge is -2.10. The first kappa shape index (κ1) is 11.0. The molecule has 1 rings (SSSR count). The molecule has 2 nitrogen and oxygen atoms in total. The smallest absolute Gasteiger partial charge is 0.345 e. The summed E-state index contributed by atoms with van der Waals surface area (Å²) in [6, 6.07) is 0. The maximum Gasteiger partial charge on any atom is 0.345 e. The van der Waals surface area contributed by atoms with Crippen molar-refractivity contribution in [2.45, 2.75) is 32.8 Å². The van der Waals surface area contributed by atoms with Crippen LogP contribution in [-0.2, 0) is 9.53 Å². The Morgan fingerprint density at radius 3 is 2.92 bits per heavy atom. The highest BCUT2D eigenvalue weighted by molar-refractivity contribution is 8.05. The molecule has 0 amide bonds. The largest absolute Gasteiger partial charge is 0.459 e. The number of hydrogen-bond acceptors (Lipinski definition) is 4. The first-order chi connectivity index (χ1) is 6.15. The molecule has 0 radical (unpaired) electrons. The SMILES string of the molecule is CCC(C)OC(=O)C1=C(S)CCS1. The highest BCUT2D eigenvalue weighted by Gasteiger charge is 2.21. The minimum atomic E-state index is -0.207. The van der Waals surface area contributed by atoms with Crippen LogP contribution in [0.1, 0.15) is 26.7 Å². The Labute approximate surface area is 88.5 Å². The summed E-state index contributed by atoms with van der Waals surface area (Å²) in [5.41, 5.74) is 0. The second kappa shape index (κ2) is 4.96. The summed E-state index contributed by atoms with van der Waals surface area (Å²) in [4.78, 5) is 13.0. The van der Waals surface area contributed by atoms with E-state index < -0.39 is 0 Å². The molecule has 0 aromatic rings. The van der Waals surface area contributed by atoms with E-state index in [-0.39, 0.29) is 12.1 Å². The van der Waals surface area contributed by atoms with Crippen molar-refractivity contribution < 1.29 is 9.53 Å². The molecule has 13 heavy (non-hydrogen) atoms. The van der Waals surface area contributed by atoms with E-state index in [1.54, 1.807) is 0 Å². The summed E-state index contributed by atoms with van der Waals surface area (Å²) in [6.45, 7) is 3.89. The molecule has 74 valence electrons. The quantitative estimate of drug-likeness (QED) is 0.582. The Morgan fingerprint density at radius 2 is 2.46 bits per heavy atom. The van der Waals surface area contributed by atoms with E-state index in [4.69, 9.17) is 4.74 Å². The lowest BCUT2D eigenvalue weighted by molar-refractivity contribution is -0.142. The van der Waals surface area contributed by atoms with Crippen LogP contribution < -0.4 is 0 Å². The van der Waals surface area contributed by atoms with E-state index in [1.165, 1.54) is 11.8 Å². The molecule has 0 spiro atoms. The molecule has 0 fully saturated rings. The molecule has 0 aromatic heterocycles. The Kier molecular flexibility index (Phi) is 4.19. The predicted molar refractivity (Wildman–Crippen MR) is 58.9 cm³/mol. The van der Waals surface area contributed by atoms with Crippen LogP contribution in [0.15, 0.2) is 9.81 Å². The van der Waals surface area contributed by atoms with Crippen molar-refractivity contribution in [2.24, 2.45) is 0 Å². The van der Waals surface area contributed by atoms with Crippen molar-refractivity contribution in [2.75, 3.05) is 5.75 Å². The second-order valence-corrected chi connectivity index (χ2v) is 4.64. The number of esters is 1. The monoisotopic (exact) mass is 218 g/mol. The van der Waals surface area contributed by atoms with Crippen LogP contribution in [-0.4, -0.2) is 17.8 Å². The van der Waals surface area contributed by atoms with Gasteiger partial charge in [-0.05, 0) is 19.8 Å². The third kappa shape index (κ3) is 2.95. The van der Waals surface area contributed by atoms with Crippen molar-refractivity contribution in [1.82, 2.24) is 0 Å². The number of thioether (sulfide) groups is 1. The number of carbonyl (C=O) groups excluding carboxylic acids is 1. The van der Waals surface area contributed by atoms with Crippen LogP contribution in [0.4, 0.5) is 0 Å². The molecule has 0 bridgehead atoms. The zero-order valence-electron chi connectivity index (χ0n) is 7.87. The van der Waals surface area contributed by atoms with Gasteiger partial charge in [0, 0.05) is 10.7 Å². The highest BCUT2D eigenvalue weighted by atomic mass is 32.2. The number of hydrogen-bond donors (Lipinski definition) is 1. The third-order valence-corrected chi connectivity index (χ3v) is 3.62. The van der Waals surface area contributed by atoms with Gasteiger partial charge in [0.2, 0.25) is 0 Å². The van der Waals surface area contributed by atoms with Gasteiger partial charge in [-0.3, -0.25) is 0 Å². The van der Waals surface area contributed by atoms with Crippen molar-refractivity contribution >= 4 is 30.4 Å². The van der Waals surface area contributed by atoms with Gasteiger partial charge in [-0.25, -0.2) is 4.79 Å². The van der Waals surface area contributed by atoms with E-state index in [2.05, 4.69) is 12.6 Å². The molecule has 1 aliphatic rings. The molecule has 1 heterocycles. The lowest BCUT2D eigenvalue weighted by atomic mass is 10.3. The van der Waals surface area contributed by atoms with Crippen molar-refractivity contribution in [1.29, 1.82) is 0 Å². The van der Waals surface area contributed by atoms with Crippen LogP contribution in [0.5, 0.6) is 0 Å². The topological polar surface area (TPSA) is 26.3 Å². The molecular weight excluding hydrogens is 204 g/mol. The maximum absolute atomic E-state index is 11.5. The summed E-state index contributed by atoms with van der Waals surface area (Å²) in [6.07, 6.45) is 1.74. The molecule has 0 aliphatic carbocycles. The number of allylic oxidation sites excluding steroid dienone is 1. The van der Waals surface area contributed by atoms with Gasteiger partial charge in [0.05, 0.1) is 6.10 Å². The Bertz CT molecular complexity index is 236. The second-order valence-electron chi connectivity index (χ2n) is 3.00. The molecule has 1 atom stereocenters. The summed E-state index contributed by atoms with van der Waals surface area (Å²) < 4.78 is 5.19. The first-order valence-electron chi connectivity index (χ1n) is 4.41. The number of thiol groups is 1. The maximum atomic E-state index is 11.5. The van der Waals surface area contributed by atoms with Gasteiger partial charge in [0.25, 0.3) is 0 Å². The van der Waals surface area contributed by atoms with Crippen molar-refractivity contribution in [3.8, 4) is 0 Å². The molecule has 1 aliphatic heterocycles. The normalized spacial score (nSPS) is 19.0. The summed E-state index contributed by atoms with van der Waals surface area (Å²) in [5.74, 6) is 0.742. The number of ether oxygens (including phenoxy) is 1. The Morgan fingerprint density at radius 1 is 1.77 bits per heavy atom. The molecule has 0 saturated heterocycles. The fraction of sp³-hybridized carbons (Fsp3) is 0.667. The summed E-state index contributed by atoms with van der Waals surface area (Å²) >= 11 is 5.78. The fourth-order valence-electron chi connectivity index (χ4n) is 0.943. The summed E-state index contributed by atoms with van der Waals surface area (Å²) in [7, 11) is 0. The van der Waals surface area contributed by atoms with Crippen molar-refractivity contribution in [3.05, 3.63) is 9.81 Å². The zero-order valence-corrected chi connectivity index (χ0v) is 9.58. The molecule has 0 N–H and O–H groups in total. The standard InChI is InChI=1S/C9H14O2S2/c1-3-6(2)11-9(10)8-7(12)4-5-13-8/h6,12H,3-5H2,1-2H3. The molecular formula is C9H14O2S2. The van der Waals surface area contributed by atoms with Crippen LogP contribution in [0.3, 0.4) is 0 Å². The van der Waals surface area contributed by atoms with E-state index in [0.29, 0.717) is 4.91 Å². The zero-order chi connectivity index (χ0) is 9.84. The predicted octanol–water partition coefficient (Wildman–Crippen LogP) is 2.61. The average molecular weight is 218 g/mol. The van der Waals surface area contributed by atoms with Crippen LogP contribution >= 0.6 is 24.4 Å². The molecule has 0 aromatic carbocycles. The minimum Gasteiger partial charge on any atom is -0.459 e. The number of carbonyl (C=O) groups is 1. The van der Waals surface area contributed by atoms with Gasteiger partial charge >= 0.3 is 5.97 Å². The first-order valence-corrected chi connectivity index (χ1v) is 5.84. The Balaban J connectivity index is 2.53. The van der Waals surface area contributed by atoms with Gasteiger partial charge in [-0.15, -0.1) is 24.4 Å². The minimum absolute atomic E-state index is 0.00216. The van der Waals surface area contributed by atoms with E-state index in [1.807, 2.05) is 13.8 Å². The summed E-state index contributed by atoms with van der Waals surface area (Å²) in [5, 5.41) is 0. The van der Waals surface area contributed by atoms with Gasteiger partial charge in [0.15, 0.2) is 0 Å². The van der Waals surface area contributed by atoms with Crippen LogP contribution in [0.2, 0.25) is 0 Å². The van der Waals surface area contributed by atoms with E-state index in [0.717, 1.165) is 23.5 Å². The van der Waals surface area contributed by atoms with Gasteiger partial charge in [-0.2, -0.15) is 0 Å². The Hall–Kier alpha value is -0.0900.